The molecule has 0 atom stereocenters. The Bertz CT molecular complexity index is 689. The molecule has 2 N–H and O–H groups in total. The van der Waals surface area contributed by atoms with Crippen molar-refractivity contribution in [1.82, 2.24) is 5.43 Å². The molecule has 1 aromatic carbocycles. The number of furan rings is 1. The minimum Gasteiger partial charge on any atom is -0.507 e. The van der Waals surface area contributed by atoms with Crippen LogP contribution in [0.2, 0.25) is 0 Å². The molecule has 0 unspecified atom stereocenters. The van der Waals surface area contributed by atoms with Crippen LogP contribution in [0.5, 0.6) is 11.5 Å². The van der Waals surface area contributed by atoms with Crippen molar-refractivity contribution in [2.45, 2.75) is 13.8 Å². The Kier molecular flexibility index (Phi) is 4.27. The summed E-state index contributed by atoms with van der Waals surface area (Å²) in [7, 11) is 1.52. The average Bonchev–Trinajstić information content (AvgIpc) is 2.90. The third-order valence-corrected chi connectivity index (χ3v) is 3.02. The number of amides is 1. The Morgan fingerprint density at radius 3 is 2.67 bits per heavy atom. The van der Waals surface area contributed by atoms with Crippen LogP contribution < -0.4 is 10.2 Å². The molecule has 0 aliphatic heterocycles. The van der Waals surface area contributed by atoms with Gasteiger partial charge < -0.3 is 14.3 Å². The standard InChI is InChI=1S/C15H16N2O4/c1-9(12-5-4-11(20-3)8-14(12)18)16-17-15(19)13-6-7-21-10(13)2/h4-8,18H,1-3H3,(H,17,19)/b16-9+. The van der Waals surface area contributed by atoms with Gasteiger partial charge in [-0.05, 0) is 32.0 Å². The van der Waals surface area contributed by atoms with Crippen molar-refractivity contribution in [2.24, 2.45) is 5.10 Å². The molecule has 110 valence electrons. The third-order valence-electron chi connectivity index (χ3n) is 3.02. The lowest BCUT2D eigenvalue weighted by Crippen LogP contribution is -2.19. The number of rotatable bonds is 4. The molecule has 1 heterocycles. The molecule has 1 amide bonds. The van der Waals surface area contributed by atoms with Gasteiger partial charge in [0.2, 0.25) is 0 Å². The number of carbonyl (C=O) groups excluding carboxylic acids is 1. The minimum atomic E-state index is -0.367. The van der Waals surface area contributed by atoms with Gasteiger partial charge in [0.25, 0.3) is 5.91 Å². The number of nitrogens with zero attached hydrogens (tertiary/aromatic N) is 1. The van der Waals surface area contributed by atoms with Crippen LogP contribution in [0.4, 0.5) is 0 Å². The number of hydrazone groups is 1. The maximum atomic E-state index is 11.9. The van der Waals surface area contributed by atoms with Gasteiger partial charge in [0, 0.05) is 11.6 Å². The Morgan fingerprint density at radius 2 is 2.10 bits per heavy atom. The molecule has 1 aromatic heterocycles. The van der Waals surface area contributed by atoms with Crippen LogP contribution in [-0.4, -0.2) is 23.8 Å². The summed E-state index contributed by atoms with van der Waals surface area (Å²) in [5.74, 6) is 0.729. The van der Waals surface area contributed by atoms with Crippen LogP contribution >= 0.6 is 0 Å². The van der Waals surface area contributed by atoms with Crippen LogP contribution in [0.25, 0.3) is 0 Å². The van der Waals surface area contributed by atoms with E-state index in [1.165, 1.54) is 19.4 Å². The topological polar surface area (TPSA) is 84.1 Å². The number of nitrogens with one attached hydrogen (secondary N) is 1. The van der Waals surface area contributed by atoms with E-state index in [4.69, 9.17) is 9.15 Å². The van der Waals surface area contributed by atoms with Crippen molar-refractivity contribution in [3.8, 4) is 11.5 Å². The first-order chi connectivity index (χ1) is 10.0. The average molecular weight is 288 g/mol. The number of benzene rings is 1. The summed E-state index contributed by atoms with van der Waals surface area (Å²) in [6.07, 6.45) is 1.44. The van der Waals surface area contributed by atoms with Gasteiger partial charge >= 0.3 is 0 Å². The van der Waals surface area contributed by atoms with Gasteiger partial charge in [-0.15, -0.1) is 0 Å². The number of carbonyl (C=O) groups is 1. The van der Waals surface area contributed by atoms with Crippen molar-refractivity contribution in [3.05, 3.63) is 47.4 Å². The molecule has 0 radical (unpaired) electrons. The van der Waals surface area contributed by atoms with E-state index in [1.807, 2.05) is 0 Å². The molecule has 0 aliphatic rings. The number of ether oxygens (including phenoxy) is 1. The molecule has 0 saturated carbocycles. The Balaban J connectivity index is 2.14. The second kappa shape index (κ2) is 6.13. The molecule has 0 fully saturated rings. The van der Waals surface area contributed by atoms with Crippen LogP contribution in [0, 0.1) is 6.92 Å². The largest absolute Gasteiger partial charge is 0.507 e. The molecule has 0 bridgehead atoms. The fourth-order valence-electron chi connectivity index (χ4n) is 1.82. The highest BCUT2D eigenvalue weighted by molar-refractivity contribution is 6.02. The molecule has 0 saturated heterocycles. The van der Waals surface area contributed by atoms with Crippen molar-refractivity contribution in [1.29, 1.82) is 0 Å². The molecule has 21 heavy (non-hydrogen) atoms. The maximum Gasteiger partial charge on any atom is 0.274 e. The quantitative estimate of drug-likeness (QED) is 0.668. The summed E-state index contributed by atoms with van der Waals surface area (Å²) in [5, 5.41) is 13.9. The van der Waals surface area contributed by atoms with Crippen LogP contribution in [0.3, 0.4) is 0 Å². The van der Waals surface area contributed by atoms with E-state index in [0.717, 1.165) is 0 Å². The van der Waals surface area contributed by atoms with Gasteiger partial charge in [0.15, 0.2) is 0 Å². The van der Waals surface area contributed by atoms with Crippen LogP contribution in [0.1, 0.15) is 28.6 Å². The van der Waals surface area contributed by atoms with E-state index < -0.39 is 0 Å². The predicted molar refractivity (Wildman–Crippen MR) is 77.8 cm³/mol. The molecule has 2 aromatic rings. The van der Waals surface area contributed by atoms with Gasteiger partial charge in [0.1, 0.15) is 17.3 Å². The van der Waals surface area contributed by atoms with E-state index in [0.29, 0.717) is 28.3 Å². The van der Waals surface area contributed by atoms with Gasteiger partial charge in [-0.2, -0.15) is 5.10 Å². The number of hydrogen-bond donors (Lipinski definition) is 2. The van der Waals surface area contributed by atoms with Crippen LogP contribution in [0.15, 0.2) is 40.0 Å². The number of hydrogen-bond acceptors (Lipinski definition) is 5. The summed E-state index contributed by atoms with van der Waals surface area (Å²) in [6, 6.07) is 6.43. The lowest BCUT2D eigenvalue weighted by atomic mass is 10.1. The molecular weight excluding hydrogens is 272 g/mol. The third kappa shape index (κ3) is 3.22. The lowest BCUT2D eigenvalue weighted by Gasteiger charge is -2.07. The number of aryl methyl sites for hydroxylation is 1. The van der Waals surface area contributed by atoms with E-state index in [9.17, 15) is 9.90 Å². The van der Waals surface area contributed by atoms with Gasteiger partial charge in [-0.3, -0.25) is 4.79 Å². The number of phenolic OH excluding ortho intramolecular Hbond substituents is 1. The van der Waals surface area contributed by atoms with Crippen molar-refractivity contribution < 1.29 is 19.1 Å². The second-order valence-corrected chi connectivity index (χ2v) is 4.41. The van der Waals surface area contributed by atoms with Crippen molar-refractivity contribution >= 4 is 11.6 Å². The van der Waals surface area contributed by atoms with Crippen molar-refractivity contribution in [3.63, 3.8) is 0 Å². The van der Waals surface area contributed by atoms with E-state index in [-0.39, 0.29) is 11.7 Å². The summed E-state index contributed by atoms with van der Waals surface area (Å²) in [6.45, 7) is 3.38. The molecular formula is C15H16N2O4. The Labute approximate surface area is 122 Å². The highest BCUT2D eigenvalue weighted by Crippen LogP contribution is 2.23. The zero-order chi connectivity index (χ0) is 15.4. The molecule has 6 heteroatoms. The molecule has 0 aliphatic carbocycles. The number of phenols is 1. The first kappa shape index (κ1) is 14.6. The summed E-state index contributed by atoms with van der Waals surface area (Å²) in [4.78, 5) is 11.9. The second-order valence-electron chi connectivity index (χ2n) is 4.41. The van der Waals surface area contributed by atoms with Gasteiger partial charge in [-0.25, -0.2) is 5.43 Å². The van der Waals surface area contributed by atoms with Crippen molar-refractivity contribution in [2.75, 3.05) is 7.11 Å². The number of aromatic hydroxyl groups is 1. The highest BCUT2D eigenvalue weighted by Gasteiger charge is 2.11. The zero-order valence-corrected chi connectivity index (χ0v) is 12.0. The smallest absolute Gasteiger partial charge is 0.274 e. The Hall–Kier alpha value is -2.76. The van der Waals surface area contributed by atoms with E-state index >= 15 is 0 Å². The molecule has 0 spiro atoms. The monoisotopic (exact) mass is 288 g/mol. The summed E-state index contributed by atoms with van der Waals surface area (Å²) < 4.78 is 10.1. The molecule has 6 nitrogen and oxygen atoms in total. The van der Waals surface area contributed by atoms with Gasteiger partial charge in [0.05, 0.1) is 24.6 Å². The fourth-order valence-corrected chi connectivity index (χ4v) is 1.82. The predicted octanol–water partition coefficient (Wildman–Crippen LogP) is 2.46. The summed E-state index contributed by atoms with van der Waals surface area (Å²) in [5.41, 5.74) is 3.84. The maximum absolute atomic E-state index is 11.9. The zero-order valence-electron chi connectivity index (χ0n) is 12.0. The SMILES string of the molecule is COc1ccc(/C(C)=N/NC(=O)c2ccoc2C)c(O)c1. The van der Waals surface area contributed by atoms with Gasteiger partial charge in [-0.1, -0.05) is 0 Å². The number of methoxy groups -OCH3 is 1. The first-order valence-electron chi connectivity index (χ1n) is 6.29. The fraction of sp³-hybridized carbons (Fsp3) is 0.200. The lowest BCUT2D eigenvalue weighted by molar-refractivity contribution is 0.0953. The first-order valence-corrected chi connectivity index (χ1v) is 6.29. The minimum absolute atomic E-state index is 0.0318. The van der Waals surface area contributed by atoms with E-state index in [2.05, 4.69) is 10.5 Å². The van der Waals surface area contributed by atoms with Crippen LogP contribution in [-0.2, 0) is 0 Å². The highest BCUT2D eigenvalue weighted by atomic mass is 16.5. The summed E-state index contributed by atoms with van der Waals surface area (Å²) >= 11 is 0. The Morgan fingerprint density at radius 1 is 1.33 bits per heavy atom. The molecule has 2 rings (SSSR count). The normalized spacial score (nSPS) is 11.3. The van der Waals surface area contributed by atoms with E-state index in [1.54, 1.807) is 32.0 Å².